The zero-order chi connectivity index (χ0) is 9.68. The monoisotopic (exact) mass is 184 g/mol. The minimum atomic E-state index is 0.224. The highest BCUT2D eigenvalue weighted by atomic mass is 16.5. The zero-order valence-electron chi connectivity index (χ0n) is 7.36. The summed E-state index contributed by atoms with van der Waals surface area (Å²) in [7, 11) is 1.58. The molecule has 1 aromatic heterocycles. The Hall–Kier alpha value is -1.56. The molecule has 1 aromatic rings. The predicted molar refractivity (Wildman–Crippen MR) is 48.2 cm³/mol. The molecular formula is C7H12N4O2. The Morgan fingerprint density at radius 1 is 1.31 bits per heavy atom. The van der Waals surface area contributed by atoms with Crippen LogP contribution < -0.4 is 16.2 Å². The molecule has 0 amide bonds. The van der Waals surface area contributed by atoms with Crippen molar-refractivity contribution in [3.63, 3.8) is 0 Å². The Balaban J connectivity index is 2.61. The molecule has 0 aliphatic carbocycles. The van der Waals surface area contributed by atoms with Gasteiger partial charge in [-0.05, 0) is 0 Å². The van der Waals surface area contributed by atoms with E-state index in [-0.39, 0.29) is 11.5 Å². The molecule has 6 heteroatoms. The van der Waals surface area contributed by atoms with E-state index >= 15 is 0 Å². The van der Waals surface area contributed by atoms with E-state index < -0.39 is 0 Å². The van der Waals surface area contributed by atoms with Gasteiger partial charge in [0.2, 0.25) is 5.88 Å². The first-order chi connectivity index (χ1) is 6.25. The highest BCUT2D eigenvalue weighted by Gasteiger charge is 2.05. The molecule has 0 unspecified atom stereocenters. The summed E-state index contributed by atoms with van der Waals surface area (Å²) in [6.07, 6.45) is 1.30. The van der Waals surface area contributed by atoms with Crippen molar-refractivity contribution >= 4 is 11.5 Å². The number of rotatable bonds is 4. The SMILES string of the molecule is COCCOc1ncnc(N)c1N. The number of hydrogen-bond acceptors (Lipinski definition) is 6. The minimum Gasteiger partial charge on any atom is -0.474 e. The molecule has 1 heterocycles. The van der Waals surface area contributed by atoms with Crippen LogP contribution in [-0.2, 0) is 4.74 Å². The van der Waals surface area contributed by atoms with Gasteiger partial charge in [-0.1, -0.05) is 0 Å². The van der Waals surface area contributed by atoms with Gasteiger partial charge in [0, 0.05) is 7.11 Å². The van der Waals surface area contributed by atoms with Crippen molar-refractivity contribution in [2.45, 2.75) is 0 Å². The Labute approximate surface area is 75.9 Å². The lowest BCUT2D eigenvalue weighted by atomic mass is 10.5. The quantitative estimate of drug-likeness (QED) is 0.622. The lowest BCUT2D eigenvalue weighted by Crippen LogP contribution is -2.09. The molecule has 0 aromatic carbocycles. The van der Waals surface area contributed by atoms with Crippen molar-refractivity contribution in [3.8, 4) is 5.88 Å². The van der Waals surface area contributed by atoms with Gasteiger partial charge in [-0.3, -0.25) is 0 Å². The van der Waals surface area contributed by atoms with E-state index in [1.807, 2.05) is 0 Å². The maximum absolute atomic E-state index is 5.55. The number of nitrogen functional groups attached to an aromatic ring is 2. The number of anilines is 2. The zero-order valence-corrected chi connectivity index (χ0v) is 7.36. The summed E-state index contributed by atoms with van der Waals surface area (Å²) in [5.74, 6) is 0.520. The van der Waals surface area contributed by atoms with Gasteiger partial charge in [0.05, 0.1) is 6.61 Å². The van der Waals surface area contributed by atoms with Crippen LogP contribution in [-0.4, -0.2) is 30.3 Å². The smallest absolute Gasteiger partial charge is 0.242 e. The lowest BCUT2D eigenvalue weighted by Gasteiger charge is -2.07. The maximum atomic E-state index is 5.55. The van der Waals surface area contributed by atoms with Crippen LogP contribution in [0.3, 0.4) is 0 Å². The highest BCUT2D eigenvalue weighted by Crippen LogP contribution is 2.21. The van der Waals surface area contributed by atoms with Crippen LogP contribution in [0.4, 0.5) is 11.5 Å². The van der Waals surface area contributed by atoms with E-state index in [9.17, 15) is 0 Å². The third-order valence-corrected chi connectivity index (χ3v) is 1.40. The number of aromatic nitrogens is 2. The third kappa shape index (κ3) is 2.45. The van der Waals surface area contributed by atoms with E-state index in [0.717, 1.165) is 0 Å². The molecule has 0 saturated carbocycles. The largest absolute Gasteiger partial charge is 0.474 e. The fraction of sp³-hybridized carbons (Fsp3) is 0.429. The highest BCUT2D eigenvalue weighted by molar-refractivity contribution is 5.63. The van der Waals surface area contributed by atoms with Crippen LogP contribution in [0, 0.1) is 0 Å². The first-order valence-corrected chi connectivity index (χ1v) is 3.73. The van der Waals surface area contributed by atoms with Crippen LogP contribution in [0.15, 0.2) is 6.33 Å². The predicted octanol–water partition coefficient (Wildman–Crippen LogP) is -0.334. The molecule has 72 valence electrons. The molecule has 0 saturated heterocycles. The van der Waals surface area contributed by atoms with Crippen LogP contribution in [0.5, 0.6) is 5.88 Å². The number of nitrogens with two attached hydrogens (primary N) is 2. The van der Waals surface area contributed by atoms with Gasteiger partial charge in [0.1, 0.15) is 18.6 Å². The van der Waals surface area contributed by atoms with Crippen LogP contribution >= 0.6 is 0 Å². The van der Waals surface area contributed by atoms with Crippen LogP contribution in [0.25, 0.3) is 0 Å². The average molecular weight is 184 g/mol. The molecule has 0 spiro atoms. The summed E-state index contributed by atoms with van der Waals surface area (Å²) in [6, 6.07) is 0. The molecule has 0 aliphatic rings. The van der Waals surface area contributed by atoms with E-state index in [1.54, 1.807) is 7.11 Å². The summed E-state index contributed by atoms with van der Waals surface area (Å²) in [4.78, 5) is 7.52. The summed E-state index contributed by atoms with van der Waals surface area (Å²) in [5.41, 5.74) is 11.2. The summed E-state index contributed by atoms with van der Waals surface area (Å²) >= 11 is 0. The molecule has 6 nitrogen and oxygen atoms in total. The fourth-order valence-corrected chi connectivity index (χ4v) is 0.729. The van der Waals surface area contributed by atoms with Crippen molar-refractivity contribution in [2.75, 3.05) is 31.8 Å². The molecule has 4 N–H and O–H groups in total. The molecular weight excluding hydrogens is 172 g/mol. The molecule has 0 radical (unpaired) electrons. The number of methoxy groups -OCH3 is 1. The van der Waals surface area contributed by atoms with Gasteiger partial charge in [0.25, 0.3) is 0 Å². The second-order valence-corrected chi connectivity index (χ2v) is 2.32. The average Bonchev–Trinajstić information content (AvgIpc) is 2.13. The topological polar surface area (TPSA) is 96.3 Å². The number of hydrogen-bond donors (Lipinski definition) is 2. The van der Waals surface area contributed by atoms with E-state index in [1.165, 1.54) is 6.33 Å². The van der Waals surface area contributed by atoms with Gasteiger partial charge in [0.15, 0.2) is 5.82 Å². The van der Waals surface area contributed by atoms with Gasteiger partial charge >= 0.3 is 0 Å². The van der Waals surface area contributed by atoms with E-state index in [0.29, 0.717) is 19.1 Å². The van der Waals surface area contributed by atoms with Crippen molar-refractivity contribution in [2.24, 2.45) is 0 Å². The Kier molecular flexibility index (Phi) is 3.27. The maximum Gasteiger partial charge on any atom is 0.242 e. The van der Waals surface area contributed by atoms with Crippen molar-refractivity contribution < 1.29 is 9.47 Å². The van der Waals surface area contributed by atoms with Gasteiger partial charge in [-0.15, -0.1) is 0 Å². The lowest BCUT2D eigenvalue weighted by molar-refractivity contribution is 0.144. The molecule has 0 aliphatic heterocycles. The van der Waals surface area contributed by atoms with Crippen molar-refractivity contribution in [3.05, 3.63) is 6.33 Å². The Morgan fingerprint density at radius 2 is 2.08 bits per heavy atom. The number of ether oxygens (including phenoxy) is 2. The molecule has 0 fully saturated rings. The van der Waals surface area contributed by atoms with Crippen molar-refractivity contribution in [1.29, 1.82) is 0 Å². The molecule has 0 bridgehead atoms. The molecule has 13 heavy (non-hydrogen) atoms. The second kappa shape index (κ2) is 4.46. The standard InChI is InChI=1S/C7H12N4O2/c1-12-2-3-13-7-5(8)6(9)10-4-11-7/h4H,2-3,8H2,1H3,(H2,9,10,11). The summed E-state index contributed by atoms with van der Waals surface area (Å²) < 4.78 is 9.97. The van der Waals surface area contributed by atoms with Crippen LogP contribution in [0.2, 0.25) is 0 Å². The van der Waals surface area contributed by atoms with E-state index in [4.69, 9.17) is 20.9 Å². The van der Waals surface area contributed by atoms with Gasteiger partial charge < -0.3 is 20.9 Å². The van der Waals surface area contributed by atoms with Crippen molar-refractivity contribution in [1.82, 2.24) is 9.97 Å². The minimum absolute atomic E-state index is 0.224. The van der Waals surface area contributed by atoms with Gasteiger partial charge in [-0.25, -0.2) is 4.98 Å². The Bertz CT molecular complexity index is 279. The first kappa shape index (κ1) is 9.53. The second-order valence-electron chi connectivity index (χ2n) is 2.32. The summed E-state index contributed by atoms with van der Waals surface area (Å²) in [5, 5.41) is 0. The van der Waals surface area contributed by atoms with Crippen LogP contribution in [0.1, 0.15) is 0 Å². The van der Waals surface area contributed by atoms with Gasteiger partial charge in [-0.2, -0.15) is 4.98 Å². The Morgan fingerprint density at radius 3 is 2.77 bits per heavy atom. The normalized spacial score (nSPS) is 9.92. The third-order valence-electron chi connectivity index (χ3n) is 1.40. The molecule has 1 rings (SSSR count). The summed E-state index contributed by atoms with van der Waals surface area (Å²) in [6.45, 7) is 0.862. The van der Waals surface area contributed by atoms with E-state index in [2.05, 4.69) is 9.97 Å². The first-order valence-electron chi connectivity index (χ1n) is 3.73. The fourth-order valence-electron chi connectivity index (χ4n) is 0.729. The molecule has 0 atom stereocenters. The number of nitrogens with zero attached hydrogens (tertiary/aromatic N) is 2.